The Balaban J connectivity index is 1.99. The molecule has 1 N–H and O–H groups in total. The van der Waals surface area contributed by atoms with Gasteiger partial charge in [0.2, 0.25) is 5.91 Å². The Labute approximate surface area is 149 Å². The first kappa shape index (κ1) is 17.6. The number of hydrogen-bond acceptors (Lipinski definition) is 3. The number of carbonyl (C=O) groups excluding carboxylic acids is 1. The first-order chi connectivity index (χ1) is 12.2. The number of nitrogens with one attached hydrogen (secondary N) is 1. The van der Waals surface area contributed by atoms with Gasteiger partial charge in [-0.05, 0) is 54.2 Å². The molecule has 25 heavy (non-hydrogen) atoms. The third kappa shape index (κ3) is 3.73. The lowest BCUT2D eigenvalue weighted by molar-refractivity contribution is -0.121. The first-order valence-corrected chi connectivity index (χ1v) is 9.10. The Morgan fingerprint density at radius 2 is 1.96 bits per heavy atom. The number of carbonyl (C=O) groups is 1. The molecule has 4 heteroatoms. The van der Waals surface area contributed by atoms with Gasteiger partial charge in [-0.25, -0.2) is 0 Å². The van der Waals surface area contributed by atoms with Gasteiger partial charge in [-0.1, -0.05) is 25.5 Å². The lowest BCUT2D eigenvalue weighted by Gasteiger charge is -2.31. The average molecular weight is 341 g/mol. The predicted octanol–water partition coefficient (Wildman–Crippen LogP) is 4.41. The molecule has 0 heterocycles. The number of benzene rings is 2. The molecular formula is C21H27NO3. The zero-order chi connectivity index (χ0) is 17.8. The lowest BCUT2D eigenvalue weighted by Crippen LogP contribution is -2.37. The van der Waals surface area contributed by atoms with Crippen LogP contribution in [0.5, 0.6) is 11.5 Å². The second-order valence-electron chi connectivity index (χ2n) is 6.75. The third-order valence-corrected chi connectivity index (χ3v) is 5.22. The van der Waals surface area contributed by atoms with E-state index in [0.717, 1.165) is 37.2 Å². The molecule has 0 aliphatic heterocycles. The normalized spacial score (nSPS) is 20.3. The van der Waals surface area contributed by atoms with E-state index in [9.17, 15) is 4.79 Å². The van der Waals surface area contributed by atoms with Gasteiger partial charge in [-0.3, -0.25) is 4.79 Å². The summed E-state index contributed by atoms with van der Waals surface area (Å²) in [5, 5.41) is 5.55. The number of amides is 1. The van der Waals surface area contributed by atoms with Crippen molar-refractivity contribution in [3.05, 3.63) is 35.9 Å². The molecule has 1 saturated carbocycles. The van der Waals surface area contributed by atoms with E-state index >= 15 is 0 Å². The van der Waals surface area contributed by atoms with Gasteiger partial charge in [0.15, 0.2) is 0 Å². The van der Waals surface area contributed by atoms with E-state index in [4.69, 9.17) is 9.47 Å². The SMILES string of the molecule is CCC(=O)NC1CCCC(c2c(OC)ccc3ccc(OC)cc23)C1. The molecule has 4 nitrogen and oxygen atoms in total. The van der Waals surface area contributed by atoms with E-state index in [1.807, 2.05) is 13.0 Å². The standard InChI is InChI=1S/C21H27NO3/c1-4-20(23)22-16-7-5-6-15(12-16)21-18-13-17(24-2)10-8-14(18)9-11-19(21)25-3/h8-11,13,15-16H,4-7,12H2,1-3H3,(H,22,23). The zero-order valence-electron chi connectivity index (χ0n) is 15.3. The maximum Gasteiger partial charge on any atom is 0.219 e. The molecule has 2 unspecified atom stereocenters. The van der Waals surface area contributed by atoms with Crippen molar-refractivity contribution in [1.82, 2.24) is 5.32 Å². The number of ether oxygens (including phenoxy) is 2. The van der Waals surface area contributed by atoms with Gasteiger partial charge in [0.25, 0.3) is 0 Å². The zero-order valence-corrected chi connectivity index (χ0v) is 15.3. The Kier molecular flexibility index (Phi) is 5.47. The topological polar surface area (TPSA) is 47.6 Å². The van der Waals surface area contributed by atoms with Crippen LogP contribution in [0.25, 0.3) is 10.8 Å². The lowest BCUT2D eigenvalue weighted by atomic mass is 9.79. The third-order valence-electron chi connectivity index (χ3n) is 5.22. The highest BCUT2D eigenvalue weighted by Crippen LogP contribution is 2.42. The van der Waals surface area contributed by atoms with E-state index in [1.165, 1.54) is 16.3 Å². The Hall–Kier alpha value is -2.23. The first-order valence-electron chi connectivity index (χ1n) is 9.10. The quantitative estimate of drug-likeness (QED) is 0.876. The van der Waals surface area contributed by atoms with Gasteiger partial charge in [0.05, 0.1) is 14.2 Å². The summed E-state index contributed by atoms with van der Waals surface area (Å²) >= 11 is 0. The number of methoxy groups -OCH3 is 2. The maximum absolute atomic E-state index is 11.8. The fraction of sp³-hybridized carbons (Fsp3) is 0.476. The summed E-state index contributed by atoms with van der Waals surface area (Å²) < 4.78 is 11.1. The van der Waals surface area contributed by atoms with Gasteiger partial charge in [0, 0.05) is 18.0 Å². The number of fused-ring (bicyclic) bond motifs is 1. The van der Waals surface area contributed by atoms with Crippen molar-refractivity contribution in [2.45, 2.75) is 51.0 Å². The fourth-order valence-electron chi connectivity index (χ4n) is 3.94. The molecule has 0 saturated heterocycles. The molecule has 1 aliphatic rings. The van der Waals surface area contributed by atoms with Gasteiger partial charge < -0.3 is 14.8 Å². The molecule has 0 aromatic heterocycles. The number of rotatable bonds is 5. The van der Waals surface area contributed by atoms with Crippen LogP contribution in [0.3, 0.4) is 0 Å². The van der Waals surface area contributed by atoms with Crippen LogP contribution in [0.4, 0.5) is 0 Å². The minimum atomic E-state index is 0.136. The van der Waals surface area contributed by atoms with Crippen LogP contribution < -0.4 is 14.8 Å². The van der Waals surface area contributed by atoms with Crippen molar-refractivity contribution < 1.29 is 14.3 Å². The minimum absolute atomic E-state index is 0.136. The molecule has 0 bridgehead atoms. The van der Waals surface area contributed by atoms with Crippen LogP contribution in [-0.2, 0) is 4.79 Å². The Morgan fingerprint density at radius 3 is 2.68 bits per heavy atom. The van der Waals surface area contributed by atoms with Gasteiger partial charge in [-0.2, -0.15) is 0 Å². The molecule has 2 atom stereocenters. The highest BCUT2D eigenvalue weighted by atomic mass is 16.5. The van der Waals surface area contributed by atoms with Crippen LogP contribution in [0.2, 0.25) is 0 Å². The van der Waals surface area contributed by atoms with Crippen LogP contribution in [0.1, 0.15) is 50.5 Å². The summed E-state index contributed by atoms with van der Waals surface area (Å²) in [6.45, 7) is 1.90. The summed E-state index contributed by atoms with van der Waals surface area (Å²) in [4.78, 5) is 11.8. The molecule has 1 fully saturated rings. The van der Waals surface area contributed by atoms with Crippen LogP contribution in [0.15, 0.2) is 30.3 Å². The van der Waals surface area contributed by atoms with Crippen molar-refractivity contribution in [1.29, 1.82) is 0 Å². The van der Waals surface area contributed by atoms with Crippen LogP contribution >= 0.6 is 0 Å². The summed E-state index contributed by atoms with van der Waals surface area (Å²) in [5.74, 6) is 2.29. The predicted molar refractivity (Wildman–Crippen MR) is 100 cm³/mol. The Bertz CT molecular complexity index is 751. The molecule has 134 valence electrons. The van der Waals surface area contributed by atoms with E-state index in [2.05, 4.69) is 29.6 Å². The molecular weight excluding hydrogens is 314 g/mol. The highest BCUT2D eigenvalue weighted by Gasteiger charge is 2.27. The second kappa shape index (κ2) is 7.77. The molecule has 2 aromatic rings. The van der Waals surface area contributed by atoms with E-state index < -0.39 is 0 Å². The fourth-order valence-corrected chi connectivity index (χ4v) is 3.94. The van der Waals surface area contributed by atoms with Crippen molar-refractivity contribution in [3.8, 4) is 11.5 Å². The molecule has 1 aliphatic carbocycles. The monoisotopic (exact) mass is 341 g/mol. The van der Waals surface area contributed by atoms with Crippen molar-refractivity contribution in [2.24, 2.45) is 0 Å². The maximum atomic E-state index is 11.8. The van der Waals surface area contributed by atoms with Crippen molar-refractivity contribution in [3.63, 3.8) is 0 Å². The van der Waals surface area contributed by atoms with Gasteiger partial charge in [-0.15, -0.1) is 0 Å². The second-order valence-corrected chi connectivity index (χ2v) is 6.75. The van der Waals surface area contributed by atoms with E-state index in [1.54, 1.807) is 14.2 Å². The van der Waals surface area contributed by atoms with Crippen LogP contribution in [0, 0.1) is 0 Å². The van der Waals surface area contributed by atoms with Gasteiger partial charge >= 0.3 is 0 Å². The van der Waals surface area contributed by atoms with Crippen LogP contribution in [-0.4, -0.2) is 26.2 Å². The molecule has 1 amide bonds. The minimum Gasteiger partial charge on any atom is -0.497 e. The summed E-state index contributed by atoms with van der Waals surface area (Å²) in [6.07, 6.45) is 4.78. The number of hydrogen-bond donors (Lipinski definition) is 1. The summed E-state index contributed by atoms with van der Waals surface area (Å²) in [6, 6.07) is 10.6. The molecule has 0 radical (unpaired) electrons. The van der Waals surface area contributed by atoms with Gasteiger partial charge in [0.1, 0.15) is 11.5 Å². The summed E-state index contributed by atoms with van der Waals surface area (Å²) in [7, 11) is 3.42. The van der Waals surface area contributed by atoms with Crippen molar-refractivity contribution in [2.75, 3.05) is 14.2 Å². The molecule has 3 rings (SSSR count). The molecule has 2 aromatic carbocycles. The van der Waals surface area contributed by atoms with Crippen molar-refractivity contribution >= 4 is 16.7 Å². The molecule has 0 spiro atoms. The Morgan fingerprint density at radius 1 is 1.16 bits per heavy atom. The largest absolute Gasteiger partial charge is 0.497 e. The summed E-state index contributed by atoms with van der Waals surface area (Å²) in [5.41, 5.74) is 1.24. The van der Waals surface area contributed by atoms with E-state index in [-0.39, 0.29) is 11.9 Å². The van der Waals surface area contributed by atoms with E-state index in [0.29, 0.717) is 12.3 Å². The smallest absolute Gasteiger partial charge is 0.219 e. The average Bonchev–Trinajstić information content (AvgIpc) is 2.66. The highest BCUT2D eigenvalue weighted by molar-refractivity contribution is 5.89.